The third-order valence-electron chi connectivity index (χ3n) is 3.81. The highest BCUT2D eigenvalue weighted by Gasteiger charge is 2.24. The molecule has 2 heterocycles. The van der Waals surface area contributed by atoms with Gasteiger partial charge in [0.15, 0.2) is 0 Å². The Bertz CT molecular complexity index is 434. The van der Waals surface area contributed by atoms with E-state index in [-0.39, 0.29) is 12.3 Å². The standard InChI is InChI=1S/C12H20N4O3/c1-10-2-3-11(9-17)7-14(10)4-5-15-8-12(6-13-15)16(18)19/h6,8,10-11,17H,2-5,7,9H2,1H3. The highest BCUT2D eigenvalue weighted by atomic mass is 16.6. The van der Waals surface area contributed by atoms with Gasteiger partial charge in [-0.25, -0.2) is 0 Å². The van der Waals surface area contributed by atoms with Crippen molar-refractivity contribution in [2.45, 2.75) is 32.4 Å². The Morgan fingerprint density at radius 3 is 2.95 bits per heavy atom. The summed E-state index contributed by atoms with van der Waals surface area (Å²) in [7, 11) is 0. The molecule has 0 aliphatic carbocycles. The Morgan fingerprint density at radius 1 is 1.53 bits per heavy atom. The molecule has 2 rings (SSSR count). The largest absolute Gasteiger partial charge is 0.396 e. The molecule has 1 saturated heterocycles. The molecule has 1 aromatic heterocycles. The van der Waals surface area contributed by atoms with E-state index < -0.39 is 4.92 Å². The molecule has 7 heteroatoms. The van der Waals surface area contributed by atoms with Gasteiger partial charge in [-0.15, -0.1) is 0 Å². The maximum Gasteiger partial charge on any atom is 0.306 e. The Kier molecular flexibility index (Phi) is 4.49. The number of hydrogen-bond acceptors (Lipinski definition) is 5. The Labute approximate surface area is 112 Å². The molecule has 1 N–H and O–H groups in total. The molecule has 0 radical (unpaired) electrons. The van der Waals surface area contributed by atoms with Crippen molar-refractivity contribution in [3.05, 3.63) is 22.5 Å². The number of aliphatic hydroxyl groups is 1. The zero-order chi connectivity index (χ0) is 13.8. The van der Waals surface area contributed by atoms with Gasteiger partial charge in [-0.05, 0) is 25.7 Å². The molecule has 2 atom stereocenters. The Morgan fingerprint density at radius 2 is 2.32 bits per heavy atom. The maximum absolute atomic E-state index is 10.6. The molecule has 1 aromatic rings. The van der Waals surface area contributed by atoms with Crippen LogP contribution in [0.3, 0.4) is 0 Å². The van der Waals surface area contributed by atoms with Gasteiger partial charge in [-0.2, -0.15) is 5.10 Å². The van der Waals surface area contributed by atoms with E-state index >= 15 is 0 Å². The van der Waals surface area contributed by atoms with Gasteiger partial charge in [-0.3, -0.25) is 19.7 Å². The van der Waals surface area contributed by atoms with E-state index in [9.17, 15) is 15.2 Å². The molecule has 0 amide bonds. The lowest BCUT2D eigenvalue weighted by molar-refractivity contribution is -0.385. The third-order valence-corrected chi connectivity index (χ3v) is 3.81. The molecular formula is C12H20N4O3. The van der Waals surface area contributed by atoms with E-state index in [0.29, 0.717) is 18.5 Å². The zero-order valence-corrected chi connectivity index (χ0v) is 11.1. The SMILES string of the molecule is CC1CCC(CO)CN1CCn1cc([N+](=O)[O-])cn1. The van der Waals surface area contributed by atoms with E-state index in [4.69, 9.17) is 0 Å². The summed E-state index contributed by atoms with van der Waals surface area (Å²) >= 11 is 0. The van der Waals surface area contributed by atoms with E-state index in [1.54, 1.807) is 4.68 Å². The summed E-state index contributed by atoms with van der Waals surface area (Å²) in [6.45, 7) is 4.74. The van der Waals surface area contributed by atoms with Crippen LogP contribution in [0.15, 0.2) is 12.4 Å². The molecule has 0 bridgehead atoms. The molecule has 0 spiro atoms. The van der Waals surface area contributed by atoms with E-state index in [1.165, 1.54) is 12.4 Å². The van der Waals surface area contributed by atoms with Crippen molar-refractivity contribution in [2.75, 3.05) is 19.7 Å². The molecule has 2 unspecified atom stereocenters. The van der Waals surface area contributed by atoms with Crippen molar-refractivity contribution in [3.8, 4) is 0 Å². The summed E-state index contributed by atoms with van der Waals surface area (Å²) in [4.78, 5) is 12.4. The number of aromatic nitrogens is 2. The molecule has 106 valence electrons. The number of likely N-dealkylation sites (tertiary alicyclic amines) is 1. The average molecular weight is 268 g/mol. The molecule has 1 aliphatic rings. The third kappa shape index (κ3) is 3.51. The lowest BCUT2D eigenvalue weighted by Crippen LogP contribution is -2.44. The van der Waals surface area contributed by atoms with Crippen molar-refractivity contribution in [2.24, 2.45) is 5.92 Å². The van der Waals surface area contributed by atoms with E-state index in [0.717, 1.165) is 25.9 Å². The fraction of sp³-hybridized carbons (Fsp3) is 0.750. The number of hydrogen-bond donors (Lipinski definition) is 1. The number of nitrogens with zero attached hydrogens (tertiary/aromatic N) is 4. The Hall–Kier alpha value is -1.47. The monoisotopic (exact) mass is 268 g/mol. The lowest BCUT2D eigenvalue weighted by atomic mass is 9.94. The first-order valence-corrected chi connectivity index (χ1v) is 6.62. The maximum atomic E-state index is 10.6. The summed E-state index contributed by atoms with van der Waals surface area (Å²) in [5, 5.41) is 23.8. The van der Waals surface area contributed by atoms with Crippen molar-refractivity contribution in [1.29, 1.82) is 0 Å². The topological polar surface area (TPSA) is 84.4 Å². The fourth-order valence-corrected chi connectivity index (χ4v) is 2.52. The van der Waals surface area contributed by atoms with Crippen LogP contribution in [0.4, 0.5) is 5.69 Å². The minimum atomic E-state index is -0.436. The van der Waals surface area contributed by atoms with Crippen molar-refractivity contribution >= 4 is 5.69 Å². The first-order valence-electron chi connectivity index (χ1n) is 6.62. The predicted octanol–water partition coefficient (Wildman–Crippen LogP) is 0.884. The van der Waals surface area contributed by atoms with Crippen LogP contribution in [0.1, 0.15) is 19.8 Å². The number of aliphatic hydroxyl groups excluding tert-OH is 1. The second kappa shape index (κ2) is 6.12. The zero-order valence-electron chi connectivity index (χ0n) is 11.1. The van der Waals surface area contributed by atoms with Gasteiger partial charge in [0.2, 0.25) is 0 Å². The number of piperidine rings is 1. The fourth-order valence-electron chi connectivity index (χ4n) is 2.52. The van der Waals surface area contributed by atoms with Crippen LogP contribution < -0.4 is 0 Å². The van der Waals surface area contributed by atoms with Gasteiger partial charge in [0, 0.05) is 25.7 Å². The number of rotatable bonds is 5. The summed E-state index contributed by atoms with van der Waals surface area (Å²) in [5.74, 6) is 0.350. The molecule has 1 aliphatic heterocycles. The summed E-state index contributed by atoms with van der Waals surface area (Å²) < 4.78 is 1.60. The normalized spacial score (nSPS) is 24.5. The first-order chi connectivity index (χ1) is 9.10. The van der Waals surface area contributed by atoms with E-state index in [1.807, 2.05) is 0 Å². The van der Waals surface area contributed by atoms with Crippen LogP contribution in [-0.4, -0.2) is 50.4 Å². The first kappa shape index (κ1) is 14.0. The van der Waals surface area contributed by atoms with Gasteiger partial charge < -0.3 is 5.11 Å². The highest BCUT2D eigenvalue weighted by molar-refractivity contribution is 5.20. The molecule has 0 saturated carbocycles. The smallest absolute Gasteiger partial charge is 0.306 e. The molecular weight excluding hydrogens is 248 g/mol. The number of nitro groups is 1. The highest BCUT2D eigenvalue weighted by Crippen LogP contribution is 2.21. The molecule has 19 heavy (non-hydrogen) atoms. The van der Waals surface area contributed by atoms with Crippen LogP contribution in [0.2, 0.25) is 0 Å². The summed E-state index contributed by atoms with van der Waals surface area (Å²) in [5.41, 5.74) is 0.0277. The second-order valence-corrected chi connectivity index (χ2v) is 5.19. The Balaban J connectivity index is 1.87. The van der Waals surface area contributed by atoms with Crippen molar-refractivity contribution in [3.63, 3.8) is 0 Å². The van der Waals surface area contributed by atoms with Gasteiger partial charge in [0.05, 0.1) is 11.5 Å². The van der Waals surface area contributed by atoms with Gasteiger partial charge in [-0.1, -0.05) is 0 Å². The molecule has 1 fully saturated rings. The second-order valence-electron chi connectivity index (χ2n) is 5.19. The van der Waals surface area contributed by atoms with Crippen molar-refractivity contribution < 1.29 is 10.0 Å². The van der Waals surface area contributed by atoms with Crippen LogP contribution in [-0.2, 0) is 6.54 Å². The summed E-state index contributed by atoms with van der Waals surface area (Å²) in [6.07, 6.45) is 4.89. The molecule has 0 aromatic carbocycles. The van der Waals surface area contributed by atoms with E-state index in [2.05, 4.69) is 16.9 Å². The quantitative estimate of drug-likeness (QED) is 0.633. The minimum absolute atomic E-state index is 0.0277. The van der Waals surface area contributed by atoms with Gasteiger partial charge >= 0.3 is 5.69 Å². The van der Waals surface area contributed by atoms with Crippen LogP contribution in [0.5, 0.6) is 0 Å². The van der Waals surface area contributed by atoms with Crippen LogP contribution in [0.25, 0.3) is 0 Å². The van der Waals surface area contributed by atoms with Crippen LogP contribution >= 0.6 is 0 Å². The average Bonchev–Trinajstić information content (AvgIpc) is 2.87. The lowest BCUT2D eigenvalue weighted by Gasteiger charge is -2.37. The van der Waals surface area contributed by atoms with Gasteiger partial charge in [0.25, 0.3) is 0 Å². The van der Waals surface area contributed by atoms with Crippen molar-refractivity contribution in [1.82, 2.24) is 14.7 Å². The van der Waals surface area contributed by atoms with Crippen LogP contribution in [0, 0.1) is 16.0 Å². The molecule has 7 nitrogen and oxygen atoms in total. The predicted molar refractivity (Wildman–Crippen MR) is 69.7 cm³/mol. The minimum Gasteiger partial charge on any atom is -0.396 e. The summed E-state index contributed by atoms with van der Waals surface area (Å²) in [6, 6.07) is 0.494. The van der Waals surface area contributed by atoms with Gasteiger partial charge in [0.1, 0.15) is 12.4 Å².